The second kappa shape index (κ2) is 21.3. The van der Waals surface area contributed by atoms with Gasteiger partial charge in [0, 0.05) is 65.5 Å². The van der Waals surface area contributed by atoms with E-state index < -0.39 is 11.9 Å². The Kier molecular flexibility index (Phi) is 25.0. The van der Waals surface area contributed by atoms with E-state index >= 15 is 0 Å². The Morgan fingerprint density at radius 3 is 2.07 bits per heavy atom. The van der Waals surface area contributed by atoms with E-state index in [1.54, 1.807) is 0 Å². The molecule has 1 atom stereocenters. The van der Waals surface area contributed by atoms with Gasteiger partial charge in [-0.2, -0.15) is 0 Å². The molecule has 1 rings (SSSR count). The standard InChI is InChI=1S/C20H36N2O5.2Na.H2O/c1-2-3-4-5-6-7-8-9-10-11-18-21-12-13-22(18,16-19(23)24)14-15-27-17-20(25)26;;;/h2-17H2,1H3,(H-,23,24,25,26);;;1H2. The minimum absolute atomic E-state index is 0. The monoisotopic (exact) mass is 448 g/mol. The van der Waals surface area contributed by atoms with Crippen LogP contribution in [0.15, 0.2) is 4.99 Å². The fraction of sp³-hybridized carbons (Fsp3) is 0.850. The molecular formula is C20H38N2Na2O6. The van der Waals surface area contributed by atoms with E-state index in [-0.39, 0.29) is 84.3 Å². The minimum Gasteiger partial charge on any atom is -0.870 e. The summed E-state index contributed by atoms with van der Waals surface area (Å²) in [6.45, 7) is 3.87. The fourth-order valence-electron chi connectivity index (χ4n) is 3.71. The summed E-state index contributed by atoms with van der Waals surface area (Å²) in [6, 6.07) is 0. The van der Waals surface area contributed by atoms with Gasteiger partial charge in [-0.3, -0.25) is 4.48 Å². The SMILES string of the molecule is CCCCCCCCCCCC1=NCC[N+]1(CCOCC(=O)O)CC(=O)O.[Na].[Na].[OH-]. The van der Waals surface area contributed by atoms with E-state index in [2.05, 4.69) is 11.9 Å². The summed E-state index contributed by atoms with van der Waals surface area (Å²) in [5.41, 5.74) is 0. The zero-order valence-corrected chi connectivity index (χ0v) is 23.3. The van der Waals surface area contributed by atoms with Gasteiger partial charge in [0.2, 0.25) is 0 Å². The second-order valence-electron chi connectivity index (χ2n) is 7.47. The third-order valence-corrected chi connectivity index (χ3v) is 5.20. The molecule has 0 amide bonds. The molecular weight excluding hydrogens is 410 g/mol. The first kappa shape index (κ1) is 35.1. The second-order valence-corrected chi connectivity index (χ2v) is 7.47. The summed E-state index contributed by atoms with van der Waals surface area (Å²) in [5, 5.41) is 18.0. The van der Waals surface area contributed by atoms with Crippen LogP contribution in [-0.4, -0.2) is 136 Å². The number of hydrogen-bond donors (Lipinski definition) is 2. The van der Waals surface area contributed by atoms with Crippen molar-refractivity contribution in [3.63, 3.8) is 0 Å². The third-order valence-electron chi connectivity index (χ3n) is 5.20. The molecule has 2 radical (unpaired) electrons. The van der Waals surface area contributed by atoms with Crippen LogP contribution >= 0.6 is 0 Å². The maximum Gasteiger partial charge on any atom is 0.359 e. The van der Waals surface area contributed by atoms with Crippen LogP contribution in [0.3, 0.4) is 0 Å². The van der Waals surface area contributed by atoms with E-state index in [1.807, 2.05) is 0 Å². The van der Waals surface area contributed by atoms with Gasteiger partial charge >= 0.3 is 11.9 Å². The number of quaternary nitrogens is 1. The summed E-state index contributed by atoms with van der Waals surface area (Å²) in [7, 11) is 0. The van der Waals surface area contributed by atoms with Gasteiger partial charge in [-0.15, -0.1) is 0 Å². The summed E-state index contributed by atoms with van der Waals surface area (Å²) in [6.07, 6.45) is 12.1. The normalized spacial score (nSPS) is 17.3. The molecule has 0 spiro atoms. The molecule has 0 saturated heterocycles. The fourth-order valence-corrected chi connectivity index (χ4v) is 3.71. The molecule has 1 heterocycles. The zero-order chi connectivity index (χ0) is 20.0. The molecule has 0 aromatic rings. The van der Waals surface area contributed by atoms with Crippen molar-refractivity contribution in [2.24, 2.45) is 4.99 Å². The number of rotatable bonds is 17. The van der Waals surface area contributed by atoms with Crippen molar-refractivity contribution >= 4 is 76.9 Å². The topological polar surface area (TPSA) is 126 Å². The number of aliphatic imine (C=N–C) groups is 1. The molecule has 30 heavy (non-hydrogen) atoms. The number of hydrogen-bond acceptors (Lipinski definition) is 5. The Labute approximate surface area is 225 Å². The van der Waals surface area contributed by atoms with Crippen LogP contribution in [-0.2, 0) is 14.3 Å². The Balaban J connectivity index is -0.00000243. The van der Waals surface area contributed by atoms with Gasteiger partial charge in [0.1, 0.15) is 19.7 Å². The summed E-state index contributed by atoms with van der Waals surface area (Å²) in [4.78, 5) is 26.5. The number of amidine groups is 1. The van der Waals surface area contributed by atoms with Gasteiger partial charge < -0.3 is 20.4 Å². The van der Waals surface area contributed by atoms with Gasteiger partial charge in [0.05, 0.1) is 13.2 Å². The summed E-state index contributed by atoms with van der Waals surface area (Å²) >= 11 is 0. The quantitative estimate of drug-likeness (QED) is 0.200. The van der Waals surface area contributed by atoms with Gasteiger partial charge in [-0.1, -0.05) is 58.3 Å². The zero-order valence-electron chi connectivity index (χ0n) is 19.3. The van der Waals surface area contributed by atoms with Gasteiger partial charge in [0.25, 0.3) is 0 Å². The first-order chi connectivity index (χ1) is 13.0. The van der Waals surface area contributed by atoms with Crippen molar-refractivity contribution in [1.82, 2.24) is 0 Å². The number of carboxylic acid groups (broad SMARTS) is 2. The maximum absolute atomic E-state index is 11.4. The molecule has 0 bridgehead atoms. The van der Waals surface area contributed by atoms with Crippen LogP contribution in [0.1, 0.15) is 71.1 Å². The molecule has 10 heteroatoms. The predicted octanol–water partition coefficient (Wildman–Crippen LogP) is 2.38. The molecule has 3 N–H and O–H groups in total. The molecule has 1 aliphatic rings. The summed E-state index contributed by atoms with van der Waals surface area (Å²) in [5.74, 6) is -0.918. The first-order valence-corrected chi connectivity index (χ1v) is 10.4. The molecule has 0 aliphatic carbocycles. The van der Waals surface area contributed by atoms with E-state index in [0.29, 0.717) is 24.1 Å². The van der Waals surface area contributed by atoms with Crippen LogP contribution < -0.4 is 0 Å². The van der Waals surface area contributed by atoms with E-state index in [9.17, 15) is 14.7 Å². The van der Waals surface area contributed by atoms with Crippen molar-refractivity contribution < 1.29 is 34.5 Å². The average Bonchev–Trinajstić information content (AvgIpc) is 2.99. The van der Waals surface area contributed by atoms with E-state index in [1.165, 1.54) is 44.9 Å². The van der Waals surface area contributed by atoms with Crippen LogP contribution in [0.5, 0.6) is 0 Å². The molecule has 0 fully saturated rings. The minimum atomic E-state index is -1.01. The van der Waals surface area contributed by atoms with Gasteiger partial charge in [-0.25, -0.2) is 14.6 Å². The number of ether oxygens (including phenoxy) is 1. The molecule has 0 aromatic carbocycles. The predicted molar refractivity (Wildman–Crippen MR) is 119 cm³/mol. The van der Waals surface area contributed by atoms with Crippen molar-refractivity contribution in [2.75, 3.05) is 39.4 Å². The molecule has 0 aromatic heterocycles. The number of carboxylic acids is 2. The Morgan fingerprint density at radius 1 is 0.967 bits per heavy atom. The maximum atomic E-state index is 11.4. The van der Waals surface area contributed by atoms with E-state index in [4.69, 9.17) is 9.84 Å². The van der Waals surface area contributed by atoms with Gasteiger partial charge in [0.15, 0.2) is 12.4 Å². The van der Waals surface area contributed by atoms with Crippen LogP contribution in [0.2, 0.25) is 0 Å². The van der Waals surface area contributed by atoms with Crippen LogP contribution in [0.25, 0.3) is 0 Å². The first-order valence-electron chi connectivity index (χ1n) is 10.4. The Bertz CT molecular complexity index is 494. The molecule has 1 unspecified atom stereocenters. The number of aliphatic carboxylic acids is 2. The van der Waals surface area contributed by atoms with Crippen molar-refractivity contribution in [3.05, 3.63) is 0 Å². The van der Waals surface area contributed by atoms with Gasteiger partial charge in [-0.05, 0) is 6.42 Å². The van der Waals surface area contributed by atoms with E-state index in [0.717, 1.165) is 25.1 Å². The number of carbonyl (C=O) groups is 2. The Hall–Kier alpha value is 0.490. The largest absolute Gasteiger partial charge is 0.870 e. The number of unbranched alkanes of at least 4 members (excludes halogenated alkanes) is 8. The summed E-state index contributed by atoms with van der Waals surface area (Å²) < 4.78 is 5.46. The number of nitrogens with zero attached hydrogens (tertiary/aromatic N) is 2. The average molecular weight is 449 g/mol. The van der Waals surface area contributed by atoms with Crippen molar-refractivity contribution in [1.29, 1.82) is 0 Å². The molecule has 166 valence electrons. The molecule has 0 saturated carbocycles. The Morgan fingerprint density at radius 2 is 1.53 bits per heavy atom. The van der Waals surface area contributed by atoms with Crippen molar-refractivity contribution in [3.8, 4) is 0 Å². The smallest absolute Gasteiger partial charge is 0.359 e. The van der Waals surface area contributed by atoms with Crippen LogP contribution in [0, 0.1) is 0 Å². The molecule has 8 nitrogen and oxygen atoms in total. The van der Waals surface area contributed by atoms with Crippen LogP contribution in [0.4, 0.5) is 0 Å². The van der Waals surface area contributed by atoms with Crippen molar-refractivity contribution in [2.45, 2.75) is 71.1 Å². The third kappa shape index (κ3) is 15.3. The molecule has 1 aliphatic heterocycles.